The highest BCUT2D eigenvalue weighted by molar-refractivity contribution is 5.89. The number of aromatic nitrogens is 1. The van der Waals surface area contributed by atoms with E-state index in [4.69, 9.17) is 9.26 Å². The molecule has 2 heterocycles. The Morgan fingerprint density at radius 3 is 3.12 bits per heavy atom. The van der Waals surface area contributed by atoms with E-state index in [2.05, 4.69) is 10.5 Å². The molecule has 1 saturated carbocycles. The van der Waals surface area contributed by atoms with Gasteiger partial charge in [0.15, 0.2) is 5.69 Å². The lowest BCUT2D eigenvalue weighted by atomic mass is 9.94. The van der Waals surface area contributed by atoms with E-state index in [-0.39, 0.29) is 11.4 Å². The van der Waals surface area contributed by atoms with Gasteiger partial charge in [0.05, 0.1) is 6.61 Å². The molecule has 5 heteroatoms. The molecule has 1 spiro atoms. The van der Waals surface area contributed by atoms with Crippen molar-refractivity contribution in [2.45, 2.75) is 31.7 Å². The van der Waals surface area contributed by atoms with E-state index >= 15 is 0 Å². The maximum Gasteiger partial charge on any atom is 0.360 e. The summed E-state index contributed by atoms with van der Waals surface area (Å²) in [6.07, 6.45) is 2.23. The smallest absolute Gasteiger partial charge is 0.360 e. The van der Waals surface area contributed by atoms with Gasteiger partial charge in [0.1, 0.15) is 5.76 Å². The van der Waals surface area contributed by atoms with Gasteiger partial charge in [-0.1, -0.05) is 5.16 Å². The normalized spacial score (nSPS) is 20.6. The Morgan fingerprint density at radius 2 is 2.44 bits per heavy atom. The van der Waals surface area contributed by atoms with Crippen LogP contribution in [0, 0.1) is 0 Å². The van der Waals surface area contributed by atoms with E-state index < -0.39 is 0 Å². The number of nitrogens with zero attached hydrogens (tertiary/aromatic N) is 1. The average Bonchev–Trinajstić information content (AvgIpc) is 2.90. The zero-order chi connectivity index (χ0) is 11.2. The summed E-state index contributed by atoms with van der Waals surface area (Å²) >= 11 is 0. The fraction of sp³-hybridized carbons (Fsp3) is 0.636. The minimum Gasteiger partial charge on any atom is -0.461 e. The molecule has 1 fully saturated rings. The molecule has 2 aliphatic rings. The summed E-state index contributed by atoms with van der Waals surface area (Å²) in [5.74, 6) is 0.515. The fourth-order valence-electron chi connectivity index (χ4n) is 2.31. The number of fused-ring (bicyclic) bond motifs is 2. The number of ether oxygens (including phenoxy) is 1. The van der Waals surface area contributed by atoms with Gasteiger partial charge in [-0.3, -0.25) is 0 Å². The second-order valence-electron chi connectivity index (χ2n) is 4.44. The molecule has 1 N–H and O–H groups in total. The van der Waals surface area contributed by atoms with Crippen molar-refractivity contribution in [1.82, 2.24) is 10.5 Å². The number of nitrogens with one attached hydrogen (secondary N) is 1. The lowest BCUT2D eigenvalue weighted by Gasteiger charge is -2.20. The maximum atomic E-state index is 11.6. The van der Waals surface area contributed by atoms with Crippen molar-refractivity contribution in [3.05, 3.63) is 17.0 Å². The van der Waals surface area contributed by atoms with Crippen LogP contribution in [-0.2, 0) is 16.7 Å². The molecule has 3 rings (SSSR count). The van der Waals surface area contributed by atoms with Crippen LogP contribution in [0.25, 0.3) is 0 Å². The summed E-state index contributed by atoms with van der Waals surface area (Å²) in [6.45, 7) is 3.72. The van der Waals surface area contributed by atoms with E-state index in [1.165, 1.54) is 0 Å². The molecule has 0 amide bonds. The predicted octanol–water partition coefficient (Wildman–Crippen LogP) is 0.986. The number of carbonyl (C=O) groups excluding carboxylic acids is 1. The zero-order valence-corrected chi connectivity index (χ0v) is 9.21. The second-order valence-corrected chi connectivity index (χ2v) is 4.44. The molecule has 5 nitrogen and oxygen atoms in total. The van der Waals surface area contributed by atoms with E-state index in [0.29, 0.717) is 18.8 Å². The Kier molecular flexibility index (Phi) is 2.04. The Balaban J connectivity index is 1.97. The minimum atomic E-state index is -0.382. The van der Waals surface area contributed by atoms with Crippen molar-refractivity contribution in [2.75, 3.05) is 13.2 Å². The van der Waals surface area contributed by atoms with Crippen molar-refractivity contribution < 1.29 is 14.1 Å². The van der Waals surface area contributed by atoms with Crippen LogP contribution in [0.2, 0.25) is 0 Å². The molecule has 86 valence electrons. The molecule has 0 saturated heterocycles. The molecule has 0 radical (unpaired) electrons. The second kappa shape index (κ2) is 3.31. The lowest BCUT2D eigenvalue weighted by Crippen LogP contribution is -2.33. The van der Waals surface area contributed by atoms with Crippen LogP contribution >= 0.6 is 0 Å². The summed E-state index contributed by atoms with van der Waals surface area (Å²) in [4.78, 5) is 11.6. The standard InChI is InChI=1S/C11H14N2O3/c1-2-15-10(14)8-7-5-12-6-11(3-4-11)9(7)16-13-8/h12H,2-6H2,1H3. The summed E-state index contributed by atoms with van der Waals surface area (Å²) < 4.78 is 10.3. The SMILES string of the molecule is CCOC(=O)c1noc2c1CNCC21CC1. The number of hydrogen-bond acceptors (Lipinski definition) is 5. The molecule has 0 bridgehead atoms. The monoisotopic (exact) mass is 222 g/mol. The zero-order valence-electron chi connectivity index (χ0n) is 9.21. The number of rotatable bonds is 2. The van der Waals surface area contributed by atoms with Gasteiger partial charge in [0.25, 0.3) is 0 Å². The Morgan fingerprint density at radius 1 is 1.62 bits per heavy atom. The van der Waals surface area contributed by atoms with Crippen LogP contribution in [0.15, 0.2) is 4.52 Å². The van der Waals surface area contributed by atoms with Crippen molar-refractivity contribution >= 4 is 5.97 Å². The Labute approximate surface area is 93.1 Å². The van der Waals surface area contributed by atoms with E-state index in [0.717, 1.165) is 30.7 Å². The molecule has 0 unspecified atom stereocenters. The van der Waals surface area contributed by atoms with Crippen LogP contribution in [-0.4, -0.2) is 24.3 Å². The van der Waals surface area contributed by atoms with Crippen LogP contribution in [0.4, 0.5) is 0 Å². The number of carbonyl (C=O) groups is 1. The topological polar surface area (TPSA) is 64.4 Å². The van der Waals surface area contributed by atoms with Gasteiger partial charge in [-0.05, 0) is 19.8 Å². The summed E-state index contributed by atoms with van der Waals surface area (Å²) in [7, 11) is 0. The van der Waals surface area contributed by atoms with Crippen molar-refractivity contribution in [1.29, 1.82) is 0 Å². The van der Waals surface area contributed by atoms with Gasteiger partial charge in [-0.25, -0.2) is 4.79 Å². The third kappa shape index (κ3) is 1.28. The highest BCUT2D eigenvalue weighted by atomic mass is 16.5. The predicted molar refractivity (Wildman–Crippen MR) is 55.1 cm³/mol. The molecule has 1 aromatic heterocycles. The van der Waals surface area contributed by atoms with Crippen molar-refractivity contribution in [3.8, 4) is 0 Å². The molecule has 0 atom stereocenters. The fourth-order valence-corrected chi connectivity index (χ4v) is 2.31. The van der Waals surface area contributed by atoms with E-state index in [9.17, 15) is 4.79 Å². The molecule has 16 heavy (non-hydrogen) atoms. The summed E-state index contributed by atoms with van der Waals surface area (Å²) in [5, 5.41) is 7.17. The number of esters is 1. The van der Waals surface area contributed by atoms with Crippen LogP contribution in [0.5, 0.6) is 0 Å². The Bertz CT molecular complexity index is 434. The van der Waals surface area contributed by atoms with Gasteiger partial charge >= 0.3 is 5.97 Å². The van der Waals surface area contributed by atoms with Crippen molar-refractivity contribution in [2.24, 2.45) is 0 Å². The third-order valence-corrected chi connectivity index (χ3v) is 3.36. The van der Waals surface area contributed by atoms with E-state index in [1.807, 2.05) is 0 Å². The summed E-state index contributed by atoms with van der Waals surface area (Å²) in [5.41, 5.74) is 1.35. The molecule has 1 aliphatic carbocycles. The highest BCUT2D eigenvalue weighted by Gasteiger charge is 2.51. The Hall–Kier alpha value is -1.36. The highest BCUT2D eigenvalue weighted by Crippen LogP contribution is 2.51. The molecule has 1 aliphatic heterocycles. The number of hydrogen-bond donors (Lipinski definition) is 1. The first-order chi connectivity index (χ1) is 7.77. The maximum absolute atomic E-state index is 11.6. The largest absolute Gasteiger partial charge is 0.461 e. The first kappa shape index (κ1) is 9.84. The van der Waals surface area contributed by atoms with Gasteiger partial charge in [-0.2, -0.15) is 0 Å². The summed E-state index contributed by atoms with van der Waals surface area (Å²) in [6, 6.07) is 0. The van der Waals surface area contributed by atoms with Gasteiger partial charge in [0.2, 0.25) is 0 Å². The van der Waals surface area contributed by atoms with Crippen LogP contribution in [0.3, 0.4) is 0 Å². The van der Waals surface area contributed by atoms with Crippen LogP contribution < -0.4 is 5.32 Å². The molecule has 0 aromatic carbocycles. The van der Waals surface area contributed by atoms with Crippen molar-refractivity contribution in [3.63, 3.8) is 0 Å². The van der Waals surface area contributed by atoms with Gasteiger partial charge in [0, 0.05) is 24.1 Å². The third-order valence-electron chi connectivity index (χ3n) is 3.36. The minimum absolute atomic E-state index is 0.116. The first-order valence-corrected chi connectivity index (χ1v) is 5.64. The lowest BCUT2D eigenvalue weighted by molar-refractivity contribution is 0.0513. The first-order valence-electron chi connectivity index (χ1n) is 5.64. The molecule has 1 aromatic rings. The quantitative estimate of drug-likeness (QED) is 0.756. The van der Waals surface area contributed by atoms with E-state index in [1.54, 1.807) is 6.92 Å². The van der Waals surface area contributed by atoms with Crippen LogP contribution in [0.1, 0.15) is 41.6 Å². The van der Waals surface area contributed by atoms with Gasteiger partial charge < -0.3 is 14.6 Å². The van der Waals surface area contributed by atoms with Gasteiger partial charge in [-0.15, -0.1) is 0 Å². The molecular formula is C11H14N2O3. The molecular weight excluding hydrogens is 208 g/mol. The average molecular weight is 222 g/mol.